The van der Waals surface area contributed by atoms with Gasteiger partial charge in [0.1, 0.15) is 6.54 Å². The van der Waals surface area contributed by atoms with Crippen molar-refractivity contribution in [3.05, 3.63) is 89.5 Å². The van der Waals surface area contributed by atoms with Crippen LogP contribution >= 0.6 is 11.8 Å². The summed E-state index contributed by atoms with van der Waals surface area (Å²) < 4.78 is 28.3. The van der Waals surface area contributed by atoms with Gasteiger partial charge in [0.2, 0.25) is 5.91 Å². The van der Waals surface area contributed by atoms with Crippen molar-refractivity contribution in [2.45, 2.75) is 49.1 Å². The summed E-state index contributed by atoms with van der Waals surface area (Å²) in [4.78, 5) is 16.6. The molecule has 0 saturated carbocycles. The van der Waals surface area contributed by atoms with Crippen molar-refractivity contribution >= 4 is 33.4 Å². The van der Waals surface area contributed by atoms with Crippen molar-refractivity contribution in [2.24, 2.45) is 0 Å². The summed E-state index contributed by atoms with van der Waals surface area (Å²) in [6.07, 6.45) is 5.79. The molecule has 4 rings (SSSR count). The Morgan fingerprint density at radius 3 is 2.14 bits per heavy atom. The number of benzene rings is 3. The van der Waals surface area contributed by atoms with Gasteiger partial charge in [-0.15, -0.1) is 11.8 Å². The number of nitrogens with one attached hydrogen (secondary N) is 1. The predicted octanol–water partition coefficient (Wildman–Crippen LogP) is 5.21. The number of amides is 1. The molecule has 37 heavy (non-hydrogen) atoms. The van der Waals surface area contributed by atoms with Gasteiger partial charge in [0.05, 0.1) is 10.6 Å². The highest BCUT2D eigenvalue weighted by Crippen LogP contribution is 2.26. The number of aryl methyl sites for hydroxylation is 1. The first kappa shape index (κ1) is 27.2. The lowest BCUT2D eigenvalue weighted by Gasteiger charge is -2.26. The van der Waals surface area contributed by atoms with Gasteiger partial charge in [-0.2, -0.15) is 0 Å². The standard InChI is InChI=1S/C29H35N3O3S2/c1-23-6-12-26(13-7-23)32(37(34,35)28-16-14-27(36-2)15-17-28)22-29(33)30-20-24-8-10-25(11-9-24)21-31-18-4-3-5-19-31/h6-17H,3-5,18-22H2,1-2H3,(H,30,33). The Morgan fingerprint density at radius 2 is 1.51 bits per heavy atom. The maximum absolute atomic E-state index is 13.6. The van der Waals surface area contributed by atoms with Crippen LogP contribution in [0.4, 0.5) is 5.69 Å². The predicted molar refractivity (Wildman–Crippen MR) is 151 cm³/mol. The Labute approximate surface area is 225 Å². The molecule has 1 fully saturated rings. The van der Waals surface area contributed by atoms with Crippen molar-refractivity contribution in [1.82, 2.24) is 10.2 Å². The van der Waals surface area contributed by atoms with Crippen molar-refractivity contribution < 1.29 is 13.2 Å². The highest BCUT2D eigenvalue weighted by atomic mass is 32.2. The molecular weight excluding hydrogens is 502 g/mol. The van der Waals surface area contributed by atoms with Crippen LogP contribution in [0.2, 0.25) is 0 Å². The van der Waals surface area contributed by atoms with E-state index in [1.54, 1.807) is 48.2 Å². The monoisotopic (exact) mass is 537 g/mol. The van der Waals surface area contributed by atoms with E-state index in [4.69, 9.17) is 0 Å². The second kappa shape index (κ2) is 12.6. The van der Waals surface area contributed by atoms with Gasteiger partial charge in [0.25, 0.3) is 10.0 Å². The number of nitrogens with zero attached hydrogens (tertiary/aromatic N) is 2. The molecular formula is C29H35N3O3S2. The molecule has 8 heteroatoms. The summed E-state index contributed by atoms with van der Waals surface area (Å²) in [6, 6.07) is 22.2. The number of carbonyl (C=O) groups excluding carboxylic acids is 1. The van der Waals surface area contributed by atoms with Crippen LogP contribution in [0.15, 0.2) is 82.6 Å². The third-order valence-corrected chi connectivity index (χ3v) is 9.16. The van der Waals surface area contributed by atoms with Gasteiger partial charge < -0.3 is 5.32 Å². The van der Waals surface area contributed by atoms with Crippen LogP contribution in [-0.2, 0) is 27.9 Å². The summed E-state index contributed by atoms with van der Waals surface area (Å²) in [5.74, 6) is -0.359. The van der Waals surface area contributed by atoms with Gasteiger partial charge in [-0.05, 0) is 86.6 Å². The van der Waals surface area contributed by atoms with E-state index in [1.165, 1.54) is 29.1 Å². The lowest BCUT2D eigenvalue weighted by Crippen LogP contribution is -2.40. The van der Waals surface area contributed by atoms with Crippen LogP contribution in [0.3, 0.4) is 0 Å². The number of thioether (sulfide) groups is 1. The Morgan fingerprint density at radius 1 is 0.892 bits per heavy atom. The summed E-state index contributed by atoms with van der Waals surface area (Å²) in [6.45, 7) is 5.23. The molecule has 0 radical (unpaired) electrons. The molecule has 0 spiro atoms. The third-order valence-electron chi connectivity index (χ3n) is 6.62. The molecule has 1 amide bonds. The van der Waals surface area contributed by atoms with Gasteiger partial charge in [-0.3, -0.25) is 14.0 Å². The van der Waals surface area contributed by atoms with E-state index >= 15 is 0 Å². The quantitative estimate of drug-likeness (QED) is 0.360. The van der Waals surface area contributed by atoms with E-state index in [-0.39, 0.29) is 17.3 Å². The summed E-state index contributed by atoms with van der Waals surface area (Å²) >= 11 is 1.54. The van der Waals surface area contributed by atoms with E-state index in [9.17, 15) is 13.2 Å². The van der Waals surface area contributed by atoms with E-state index in [2.05, 4.69) is 22.3 Å². The number of rotatable bonds is 10. The van der Waals surface area contributed by atoms with E-state index in [0.29, 0.717) is 12.2 Å². The molecule has 0 aliphatic carbocycles. The number of likely N-dealkylation sites (tertiary alicyclic amines) is 1. The lowest BCUT2D eigenvalue weighted by molar-refractivity contribution is -0.119. The molecule has 3 aromatic carbocycles. The Kier molecular flexibility index (Phi) is 9.29. The molecule has 1 saturated heterocycles. The Hall–Kier alpha value is -2.81. The van der Waals surface area contributed by atoms with Crippen LogP contribution in [-0.4, -0.2) is 45.1 Å². The fraction of sp³-hybridized carbons (Fsp3) is 0.345. The van der Waals surface area contributed by atoms with Gasteiger partial charge in [0.15, 0.2) is 0 Å². The van der Waals surface area contributed by atoms with Crippen LogP contribution in [0.5, 0.6) is 0 Å². The third kappa shape index (κ3) is 7.37. The molecule has 6 nitrogen and oxygen atoms in total. The topological polar surface area (TPSA) is 69.7 Å². The minimum absolute atomic E-state index is 0.156. The smallest absolute Gasteiger partial charge is 0.264 e. The van der Waals surface area contributed by atoms with Crippen molar-refractivity contribution in [2.75, 3.05) is 30.2 Å². The highest BCUT2D eigenvalue weighted by molar-refractivity contribution is 7.98. The van der Waals surface area contributed by atoms with Crippen LogP contribution in [0, 0.1) is 6.92 Å². The van der Waals surface area contributed by atoms with Gasteiger partial charge in [-0.1, -0.05) is 48.4 Å². The first-order chi connectivity index (χ1) is 17.8. The van der Waals surface area contributed by atoms with Crippen molar-refractivity contribution in [1.29, 1.82) is 0 Å². The van der Waals surface area contributed by atoms with E-state index in [0.717, 1.165) is 35.7 Å². The zero-order valence-electron chi connectivity index (χ0n) is 21.5. The highest BCUT2D eigenvalue weighted by Gasteiger charge is 2.27. The SMILES string of the molecule is CSc1ccc(S(=O)(=O)N(CC(=O)NCc2ccc(CN3CCCCC3)cc2)c2ccc(C)cc2)cc1. The van der Waals surface area contributed by atoms with E-state index < -0.39 is 10.0 Å². The average molecular weight is 538 g/mol. The van der Waals surface area contributed by atoms with E-state index in [1.807, 2.05) is 37.4 Å². The fourth-order valence-corrected chi connectivity index (χ4v) is 6.26. The largest absolute Gasteiger partial charge is 0.350 e. The first-order valence-corrected chi connectivity index (χ1v) is 15.3. The molecule has 0 bridgehead atoms. The van der Waals surface area contributed by atoms with Crippen LogP contribution in [0.25, 0.3) is 0 Å². The number of hydrogen-bond donors (Lipinski definition) is 1. The average Bonchev–Trinajstić information content (AvgIpc) is 2.92. The molecule has 0 atom stereocenters. The normalized spacial score (nSPS) is 14.3. The lowest BCUT2D eigenvalue weighted by atomic mass is 10.1. The van der Waals surface area contributed by atoms with Gasteiger partial charge >= 0.3 is 0 Å². The molecule has 0 aromatic heterocycles. The first-order valence-electron chi connectivity index (χ1n) is 12.7. The Bertz CT molecular complexity index is 1270. The number of hydrogen-bond acceptors (Lipinski definition) is 5. The number of anilines is 1. The number of piperidine rings is 1. The maximum atomic E-state index is 13.6. The van der Waals surface area contributed by atoms with Gasteiger partial charge in [0, 0.05) is 18.0 Å². The minimum Gasteiger partial charge on any atom is -0.350 e. The molecule has 0 unspecified atom stereocenters. The minimum atomic E-state index is -3.93. The summed E-state index contributed by atoms with van der Waals surface area (Å²) in [5.41, 5.74) is 3.71. The summed E-state index contributed by atoms with van der Waals surface area (Å²) in [5, 5.41) is 2.89. The zero-order chi connectivity index (χ0) is 26.3. The summed E-state index contributed by atoms with van der Waals surface area (Å²) in [7, 11) is -3.93. The number of carbonyl (C=O) groups is 1. The maximum Gasteiger partial charge on any atom is 0.264 e. The molecule has 196 valence electrons. The molecule has 1 N–H and O–H groups in total. The molecule has 1 aliphatic heterocycles. The molecule has 1 aliphatic rings. The zero-order valence-corrected chi connectivity index (χ0v) is 23.2. The Balaban J connectivity index is 1.43. The second-order valence-corrected chi connectivity index (χ2v) is 12.2. The van der Waals surface area contributed by atoms with Crippen molar-refractivity contribution in [3.8, 4) is 0 Å². The van der Waals surface area contributed by atoms with Gasteiger partial charge in [-0.25, -0.2) is 8.42 Å². The van der Waals surface area contributed by atoms with Crippen LogP contribution in [0.1, 0.15) is 36.0 Å². The fourth-order valence-electron chi connectivity index (χ4n) is 4.43. The molecule has 1 heterocycles. The van der Waals surface area contributed by atoms with Crippen molar-refractivity contribution in [3.63, 3.8) is 0 Å². The second-order valence-electron chi connectivity index (χ2n) is 9.45. The van der Waals surface area contributed by atoms with Crippen LogP contribution < -0.4 is 9.62 Å². The molecule has 3 aromatic rings. The number of sulfonamides is 1.